The van der Waals surface area contributed by atoms with Gasteiger partial charge in [0.2, 0.25) is 17.7 Å². The van der Waals surface area contributed by atoms with Gasteiger partial charge in [0.05, 0.1) is 19.3 Å². The van der Waals surface area contributed by atoms with Crippen LogP contribution in [0.2, 0.25) is 0 Å². The van der Waals surface area contributed by atoms with E-state index in [0.717, 1.165) is 5.56 Å². The quantitative estimate of drug-likeness (QED) is 0.188. The van der Waals surface area contributed by atoms with Gasteiger partial charge in [-0.15, -0.1) is 0 Å². The van der Waals surface area contributed by atoms with Crippen molar-refractivity contribution in [2.45, 2.75) is 82.9 Å². The van der Waals surface area contributed by atoms with Gasteiger partial charge in [-0.2, -0.15) is 8.78 Å². The first kappa shape index (κ1) is 34.7. The first-order valence-electron chi connectivity index (χ1n) is 14.6. The summed E-state index contributed by atoms with van der Waals surface area (Å²) in [6, 6.07) is 14.1. The molecular weight excluding hydrogens is 576 g/mol. The van der Waals surface area contributed by atoms with E-state index in [1.165, 1.54) is 0 Å². The number of carbonyl (C=O) groups is 4. The fourth-order valence-corrected chi connectivity index (χ4v) is 4.62. The Bertz CT molecular complexity index is 1240. The van der Waals surface area contributed by atoms with Crippen molar-refractivity contribution >= 4 is 23.5 Å². The van der Waals surface area contributed by atoms with Crippen molar-refractivity contribution in [1.82, 2.24) is 16.0 Å². The molecule has 3 rings (SSSR count). The highest BCUT2D eigenvalue weighted by molar-refractivity contribution is 5.98. The highest BCUT2D eigenvalue weighted by Gasteiger charge is 2.50. The normalized spacial score (nSPS) is 18.6. The number of ketones is 1. The second-order valence-corrected chi connectivity index (χ2v) is 11.5. The lowest BCUT2D eigenvalue weighted by Crippen LogP contribution is -2.59. The molecule has 4 N–H and O–H groups in total. The molecule has 2 aromatic rings. The third kappa shape index (κ3) is 11.1. The summed E-state index contributed by atoms with van der Waals surface area (Å²) in [6.45, 7) is 1.53. The van der Waals surface area contributed by atoms with E-state index in [-0.39, 0.29) is 31.1 Å². The number of amides is 3. The van der Waals surface area contributed by atoms with Crippen LogP contribution in [0.1, 0.15) is 44.7 Å². The Morgan fingerprint density at radius 1 is 0.864 bits per heavy atom. The van der Waals surface area contributed by atoms with Gasteiger partial charge in [-0.3, -0.25) is 19.2 Å². The van der Waals surface area contributed by atoms with Gasteiger partial charge in [0.25, 0.3) is 0 Å². The summed E-state index contributed by atoms with van der Waals surface area (Å²) in [7, 11) is 0. The SMILES string of the molecule is CC(C)C[C@H](NC(=O)[C@H](Cc1ccccc1)NC(=O)[C@H](COC(F)F)NC(=O)[C@@H](O)CCc1ccccc1)C(=O)[C@@]1(C)CO1. The monoisotopic (exact) mass is 617 g/mol. The standard InChI is InChI=1S/C32H41F2N3O7/c1-20(2)16-23(27(39)32(3)19-44-32)35-28(40)24(17-22-12-8-5-9-13-22)36-29(41)25(18-43-31(33)34)37-30(42)26(38)15-14-21-10-6-4-7-11-21/h4-13,20,23-26,31,38H,14-19H2,1-3H3,(H,35,40)(H,36,41)(H,37,42)/t23-,24-,25-,26-,32+/m0/s1. The molecule has 0 aromatic heterocycles. The fraction of sp³-hybridized carbons (Fsp3) is 0.500. The molecule has 44 heavy (non-hydrogen) atoms. The Morgan fingerprint density at radius 2 is 1.39 bits per heavy atom. The number of aliphatic hydroxyl groups is 1. The van der Waals surface area contributed by atoms with Gasteiger partial charge in [0.1, 0.15) is 23.8 Å². The molecule has 1 aliphatic heterocycles. The van der Waals surface area contributed by atoms with Crippen molar-refractivity contribution in [3.05, 3.63) is 71.8 Å². The molecule has 1 aliphatic rings. The topological polar surface area (TPSA) is 146 Å². The van der Waals surface area contributed by atoms with Crippen LogP contribution in [-0.4, -0.2) is 78.3 Å². The minimum absolute atomic E-state index is 0.00480. The maximum Gasteiger partial charge on any atom is 0.345 e. The molecule has 0 radical (unpaired) electrons. The summed E-state index contributed by atoms with van der Waals surface area (Å²) in [5, 5.41) is 17.9. The molecule has 0 unspecified atom stereocenters. The van der Waals surface area contributed by atoms with Crippen LogP contribution in [0.3, 0.4) is 0 Å². The van der Waals surface area contributed by atoms with Crippen molar-refractivity contribution in [2.24, 2.45) is 5.92 Å². The summed E-state index contributed by atoms with van der Waals surface area (Å²) in [5.74, 6) is -2.84. The van der Waals surface area contributed by atoms with Crippen molar-refractivity contribution in [2.75, 3.05) is 13.2 Å². The largest absolute Gasteiger partial charge is 0.383 e. The summed E-state index contributed by atoms with van der Waals surface area (Å²) in [6.07, 6.45) is -0.816. The molecule has 12 heteroatoms. The number of halogens is 2. The van der Waals surface area contributed by atoms with Gasteiger partial charge in [0, 0.05) is 6.42 Å². The summed E-state index contributed by atoms with van der Waals surface area (Å²) in [5.41, 5.74) is 0.563. The van der Waals surface area contributed by atoms with Crippen LogP contribution in [0.25, 0.3) is 0 Å². The third-order valence-corrected chi connectivity index (χ3v) is 7.23. The van der Waals surface area contributed by atoms with Crippen LogP contribution in [0.5, 0.6) is 0 Å². The number of aryl methyl sites for hydroxylation is 1. The first-order chi connectivity index (χ1) is 20.9. The lowest BCUT2D eigenvalue weighted by Gasteiger charge is -2.27. The van der Waals surface area contributed by atoms with E-state index in [9.17, 15) is 33.1 Å². The van der Waals surface area contributed by atoms with Gasteiger partial charge in [-0.05, 0) is 43.2 Å². The van der Waals surface area contributed by atoms with Crippen molar-refractivity contribution in [3.63, 3.8) is 0 Å². The van der Waals surface area contributed by atoms with Crippen molar-refractivity contribution in [3.8, 4) is 0 Å². The lowest BCUT2D eigenvalue weighted by molar-refractivity contribution is -0.150. The number of alkyl halides is 2. The molecule has 0 saturated carbocycles. The number of carbonyl (C=O) groups excluding carboxylic acids is 4. The summed E-state index contributed by atoms with van der Waals surface area (Å²) < 4.78 is 35.5. The minimum atomic E-state index is -3.23. The number of nitrogens with one attached hydrogen (secondary N) is 3. The number of rotatable bonds is 18. The number of hydrogen-bond acceptors (Lipinski definition) is 7. The van der Waals surface area contributed by atoms with Gasteiger partial charge in [0.15, 0.2) is 5.78 Å². The third-order valence-electron chi connectivity index (χ3n) is 7.23. The molecular formula is C32H41F2N3O7. The van der Waals surface area contributed by atoms with Crippen LogP contribution < -0.4 is 16.0 Å². The zero-order chi connectivity index (χ0) is 32.3. The molecule has 1 fully saturated rings. The molecule has 240 valence electrons. The van der Waals surface area contributed by atoms with Gasteiger partial charge < -0.3 is 30.5 Å². The predicted molar refractivity (Wildman–Crippen MR) is 157 cm³/mol. The lowest BCUT2D eigenvalue weighted by atomic mass is 9.93. The summed E-state index contributed by atoms with van der Waals surface area (Å²) >= 11 is 0. The Kier molecular flexibility index (Phi) is 12.9. The van der Waals surface area contributed by atoms with E-state index < -0.39 is 60.8 Å². The molecule has 3 amide bonds. The molecule has 10 nitrogen and oxygen atoms in total. The molecule has 0 spiro atoms. The van der Waals surface area contributed by atoms with E-state index >= 15 is 0 Å². The second-order valence-electron chi connectivity index (χ2n) is 11.5. The maximum atomic E-state index is 13.6. The number of Topliss-reactive ketones (excluding diaryl/α,β-unsaturated/α-hetero) is 1. The van der Waals surface area contributed by atoms with E-state index in [1.54, 1.807) is 37.3 Å². The van der Waals surface area contributed by atoms with Crippen LogP contribution in [0.4, 0.5) is 8.78 Å². The highest BCUT2D eigenvalue weighted by atomic mass is 19.3. The second kappa shape index (κ2) is 16.4. The number of aliphatic hydroxyl groups excluding tert-OH is 1. The molecule has 0 aliphatic carbocycles. The number of hydrogen-bond donors (Lipinski definition) is 4. The van der Waals surface area contributed by atoms with Crippen LogP contribution in [0.15, 0.2) is 60.7 Å². The predicted octanol–water partition coefficient (Wildman–Crippen LogP) is 2.32. The van der Waals surface area contributed by atoms with Crippen LogP contribution in [-0.2, 0) is 41.5 Å². The van der Waals surface area contributed by atoms with E-state index in [1.807, 2.05) is 44.2 Å². The number of benzene rings is 2. The summed E-state index contributed by atoms with van der Waals surface area (Å²) in [4.78, 5) is 52.8. The Balaban J connectivity index is 1.75. The zero-order valence-electron chi connectivity index (χ0n) is 25.1. The molecule has 1 saturated heterocycles. The van der Waals surface area contributed by atoms with Crippen LogP contribution in [0, 0.1) is 5.92 Å². The van der Waals surface area contributed by atoms with Crippen LogP contribution >= 0.6 is 0 Å². The molecule has 2 aromatic carbocycles. The fourth-order valence-electron chi connectivity index (χ4n) is 4.62. The van der Waals surface area contributed by atoms with Gasteiger partial charge >= 0.3 is 6.61 Å². The van der Waals surface area contributed by atoms with Crippen molar-refractivity contribution < 1.29 is 42.5 Å². The number of epoxide rings is 1. The maximum absolute atomic E-state index is 13.6. The number of ether oxygens (including phenoxy) is 2. The van der Waals surface area contributed by atoms with Gasteiger partial charge in [-0.25, -0.2) is 0 Å². The average Bonchev–Trinajstić information content (AvgIpc) is 3.75. The Labute approximate surface area is 255 Å². The molecule has 0 bridgehead atoms. The van der Waals surface area contributed by atoms with E-state index in [4.69, 9.17) is 4.74 Å². The highest BCUT2D eigenvalue weighted by Crippen LogP contribution is 2.29. The van der Waals surface area contributed by atoms with Crippen molar-refractivity contribution in [1.29, 1.82) is 0 Å². The first-order valence-corrected chi connectivity index (χ1v) is 14.6. The average molecular weight is 618 g/mol. The smallest absolute Gasteiger partial charge is 0.345 e. The Morgan fingerprint density at radius 3 is 1.93 bits per heavy atom. The Hall–Kier alpha value is -3.74. The van der Waals surface area contributed by atoms with Gasteiger partial charge in [-0.1, -0.05) is 74.5 Å². The zero-order valence-corrected chi connectivity index (χ0v) is 25.1. The molecule has 5 atom stereocenters. The van der Waals surface area contributed by atoms with E-state index in [2.05, 4.69) is 20.7 Å². The van der Waals surface area contributed by atoms with E-state index in [0.29, 0.717) is 18.4 Å². The molecule has 1 heterocycles. The minimum Gasteiger partial charge on any atom is -0.383 e.